The van der Waals surface area contributed by atoms with Gasteiger partial charge < -0.3 is 15.0 Å². The summed E-state index contributed by atoms with van der Waals surface area (Å²) in [4.78, 5) is 12.7. The molecule has 0 saturated carbocycles. The first-order valence-corrected chi connectivity index (χ1v) is 10.1. The molecule has 0 aliphatic carbocycles. The largest absolute Gasteiger partial charge is 0.497 e. The molecule has 0 bridgehead atoms. The van der Waals surface area contributed by atoms with Crippen molar-refractivity contribution in [1.82, 2.24) is 4.90 Å². The second-order valence-corrected chi connectivity index (χ2v) is 8.36. The molecule has 2 aromatic carbocycles. The van der Waals surface area contributed by atoms with E-state index in [2.05, 4.69) is 5.32 Å². The number of hydrogen-bond donors (Lipinski definition) is 1. The molecule has 2 aromatic rings. The van der Waals surface area contributed by atoms with Gasteiger partial charge in [0.15, 0.2) is 9.84 Å². The Morgan fingerprint density at radius 3 is 2.48 bits per heavy atom. The zero-order chi connectivity index (χ0) is 20.2. The number of rotatable bonds is 8. The molecule has 27 heavy (non-hydrogen) atoms. The van der Waals surface area contributed by atoms with Crippen LogP contribution in [0.15, 0.2) is 47.4 Å². The minimum absolute atomic E-state index is 0.0747. The third-order valence-electron chi connectivity index (χ3n) is 4.18. The zero-order valence-corrected chi connectivity index (χ0v) is 16.5. The smallest absolute Gasteiger partial charge is 0.293 e. The Morgan fingerprint density at radius 2 is 1.93 bits per heavy atom. The van der Waals surface area contributed by atoms with Crippen LogP contribution in [0.3, 0.4) is 0 Å². The van der Waals surface area contributed by atoms with E-state index in [1.807, 2.05) is 43.3 Å². The van der Waals surface area contributed by atoms with Gasteiger partial charge in [0.25, 0.3) is 5.69 Å². The van der Waals surface area contributed by atoms with Crippen molar-refractivity contribution < 1.29 is 18.1 Å². The van der Waals surface area contributed by atoms with Crippen molar-refractivity contribution in [2.75, 3.05) is 39.3 Å². The molecule has 0 fully saturated rings. The van der Waals surface area contributed by atoms with Crippen LogP contribution in [0, 0.1) is 10.1 Å². The Balaban J connectivity index is 2.30. The summed E-state index contributed by atoms with van der Waals surface area (Å²) in [5, 5.41) is 14.4. The minimum Gasteiger partial charge on any atom is -0.497 e. The molecule has 2 rings (SSSR count). The average Bonchev–Trinajstić information content (AvgIpc) is 2.60. The molecule has 1 atom stereocenters. The molecule has 146 valence electrons. The highest BCUT2D eigenvalue weighted by Gasteiger charge is 2.21. The van der Waals surface area contributed by atoms with Crippen LogP contribution in [0.5, 0.6) is 5.75 Å². The van der Waals surface area contributed by atoms with Crippen molar-refractivity contribution in [3.63, 3.8) is 0 Å². The SMILES string of the molecule is COc1cccc([C@H](CNc2ccc(S(C)(=O)=O)cc2[N+](=O)[O-])N(C)C)c1. The fourth-order valence-corrected chi connectivity index (χ4v) is 3.34. The third-order valence-corrected chi connectivity index (χ3v) is 5.29. The van der Waals surface area contributed by atoms with E-state index in [1.165, 1.54) is 12.1 Å². The standard InChI is InChI=1S/C18H23N3O5S/c1-20(2)18(13-6-5-7-14(10-13)26-3)12-19-16-9-8-15(27(4,24)25)11-17(16)21(22)23/h5-11,18-19H,12H2,1-4H3/t18-/m0/s1. The van der Waals surface area contributed by atoms with Gasteiger partial charge in [-0.05, 0) is 43.9 Å². The van der Waals surface area contributed by atoms with Gasteiger partial charge in [0.1, 0.15) is 11.4 Å². The molecule has 1 N–H and O–H groups in total. The number of nitrogens with one attached hydrogen (secondary N) is 1. The quantitative estimate of drug-likeness (QED) is 0.543. The molecule has 0 saturated heterocycles. The lowest BCUT2D eigenvalue weighted by Crippen LogP contribution is -2.27. The number of likely N-dealkylation sites (N-methyl/N-ethyl adjacent to an activating group) is 1. The Kier molecular flexibility index (Phi) is 6.40. The summed E-state index contributed by atoms with van der Waals surface area (Å²) in [5.74, 6) is 0.725. The maximum absolute atomic E-state index is 11.7. The predicted octanol–water partition coefficient (Wildman–Crippen LogP) is 2.72. The normalized spacial score (nSPS) is 12.6. The van der Waals surface area contributed by atoms with Gasteiger partial charge in [0.05, 0.1) is 23.0 Å². The highest BCUT2D eigenvalue weighted by Crippen LogP contribution is 2.29. The van der Waals surface area contributed by atoms with Crippen LogP contribution in [0.1, 0.15) is 11.6 Å². The van der Waals surface area contributed by atoms with E-state index in [0.717, 1.165) is 23.6 Å². The molecule has 0 heterocycles. The topological polar surface area (TPSA) is 102 Å². The zero-order valence-electron chi connectivity index (χ0n) is 15.7. The van der Waals surface area contributed by atoms with Gasteiger partial charge in [-0.3, -0.25) is 10.1 Å². The Hall–Kier alpha value is -2.65. The summed E-state index contributed by atoms with van der Waals surface area (Å²) in [7, 11) is 1.89. The van der Waals surface area contributed by atoms with Crippen molar-refractivity contribution in [3.05, 3.63) is 58.1 Å². The molecule has 0 unspecified atom stereocenters. The number of methoxy groups -OCH3 is 1. The molecule has 8 nitrogen and oxygen atoms in total. The molecule has 9 heteroatoms. The maximum Gasteiger partial charge on any atom is 0.293 e. The van der Waals surface area contributed by atoms with E-state index in [-0.39, 0.29) is 22.3 Å². The number of anilines is 1. The number of sulfone groups is 1. The first kappa shape index (κ1) is 20.7. The predicted molar refractivity (Wildman–Crippen MR) is 104 cm³/mol. The molecular formula is C18H23N3O5S. The lowest BCUT2D eigenvalue weighted by Gasteiger charge is -2.26. The summed E-state index contributed by atoms with van der Waals surface area (Å²) in [6.45, 7) is 0.388. The maximum atomic E-state index is 11.7. The van der Waals surface area contributed by atoms with E-state index in [0.29, 0.717) is 6.54 Å². The van der Waals surface area contributed by atoms with Crippen LogP contribution in [0.25, 0.3) is 0 Å². The fraction of sp³-hybridized carbons (Fsp3) is 0.333. The first-order valence-electron chi connectivity index (χ1n) is 8.16. The summed E-state index contributed by atoms with van der Waals surface area (Å²) in [5.41, 5.74) is 0.977. The number of nitro benzene ring substituents is 1. The van der Waals surface area contributed by atoms with Crippen LogP contribution in [0.2, 0.25) is 0 Å². The summed E-state index contributed by atoms with van der Waals surface area (Å²) in [6.07, 6.45) is 1.02. The van der Waals surface area contributed by atoms with Crippen molar-refractivity contribution in [2.45, 2.75) is 10.9 Å². The average molecular weight is 393 g/mol. The number of nitro groups is 1. The van der Waals surface area contributed by atoms with Crippen molar-refractivity contribution in [1.29, 1.82) is 0 Å². The minimum atomic E-state index is -3.53. The monoisotopic (exact) mass is 393 g/mol. The number of ether oxygens (including phenoxy) is 1. The number of nitrogens with zero attached hydrogens (tertiary/aromatic N) is 2. The van der Waals surface area contributed by atoms with Crippen LogP contribution in [0.4, 0.5) is 11.4 Å². The fourth-order valence-electron chi connectivity index (χ4n) is 2.70. The van der Waals surface area contributed by atoms with Gasteiger partial charge in [0, 0.05) is 18.9 Å². The molecule has 0 amide bonds. The first-order chi connectivity index (χ1) is 12.6. The molecule has 0 aromatic heterocycles. The number of hydrogen-bond acceptors (Lipinski definition) is 7. The summed E-state index contributed by atoms with van der Waals surface area (Å²) in [6, 6.07) is 11.4. The van der Waals surface area contributed by atoms with Crippen molar-refractivity contribution in [3.8, 4) is 5.75 Å². The van der Waals surface area contributed by atoms with Crippen molar-refractivity contribution in [2.24, 2.45) is 0 Å². The van der Waals surface area contributed by atoms with E-state index in [1.54, 1.807) is 7.11 Å². The van der Waals surface area contributed by atoms with Crippen LogP contribution < -0.4 is 10.1 Å². The van der Waals surface area contributed by atoms with E-state index in [9.17, 15) is 18.5 Å². The molecule has 0 aliphatic heterocycles. The third kappa shape index (κ3) is 5.18. The molecule has 0 spiro atoms. The molecular weight excluding hydrogens is 370 g/mol. The van der Waals surface area contributed by atoms with Gasteiger partial charge >= 0.3 is 0 Å². The van der Waals surface area contributed by atoms with Gasteiger partial charge in [-0.15, -0.1) is 0 Å². The van der Waals surface area contributed by atoms with Gasteiger partial charge in [-0.1, -0.05) is 12.1 Å². The van der Waals surface area contributed by atoms with Crippen LogP contribution in [-0.4, -0.2) is 52.2 Å². The Labute approximate surface area is 158 Å². The van der Waals surface area contributed by atoms with Gasteiger partial charge in [-0.25, -0.2) is 8.42 Å². The van der Waals surface area contributed by atoms with Gasteiger partial charge in [-0.2, -0.15) is 0 Å². The van der Waals surface area contributed by atoms with E-state index in [4.69, 9.17) is 4.74 Å². The van der Waals surface area contributed by atoms with E-state index < -0.39 is 14.8 Å². The second kappa shape index (κ2) is 8.36. The second-order valence-electron chi connectivity index (χ2n) is 6.35. The van der Waals surface area contributed by atoms with E-state index >= 15 is 0 Å². The highest BCUT2D eigenvalue weighted by atomic mass is 32.2. The molecule has 0 aliphatic rings. The lowest BCUT2D eigenvalue weighted by molar-refractivity contribution is -0.384. The summed E-state index contributed by atoms with van der Waals surface area (Å²) < 4.78 is 28.6. The molecule has 0 radical (unpaired) electrons. The van der Waals surface area contributed by atoms with Crippen LogP contribution in [-0.2, 0) is 9.84 Å². The Bertz CT molecular complexity index is 928. The van der Waals surface area contributed by atoms with Crippen LogP contribution >= 0.6 is 0 Å². The lowest BCUT2D eigenvalue weighted by atomic mass is 10.1. The van der Waals surface area contributed by atoms with Gasteiger partial charge in [0.2, 0.25) is 0 Å². The van der Waals surface area contributed by atoms with Crippen molar-refractivity contribution >= 4 is 21.2 Å². The highest BCUT2D eigenvalue weighted by molar-refractivity contribution is 7.90. The Morgan fingerprint density at radius 1 is 1.22 bits per heavy atom. The number of benzene rings is 2. The summed E-state index contributed by atoms with van der Waals surface area (Å²) >= 11 is 0.